The minimum Gasteiger partial charge on any atom is -0.497 e. The summed E-state index contributed by atoms with van der Waals surface area (Å²) in [5.74, 6) is 2.53. The molecule has 1 N–H and O–H groups in total. The molecule has 2 aromatic carbocycles. The lowest BCUT2D eigenvalue weighted by molar-refractivity contribution is 0.123. The maximum atomic E-state index is 5.75. The van der Waals surface area contributed by atoms with E-state index in [1.807, 2.05) is 43.4 Å². The van der Waals surface area contributed by atoms with Crippen LogP contribution in [0.15, 0.2) is 53.5 Å². The Kier molecular flexibility index (Phi) is 11.4. The van der Waals surface area contributed by atoms with Crippen molar-refractivity contribution in [2.75, 3.05) is 41.5 Å². The quantitative estimate of drug-likeness (QED) is 0.248. The molecule has 0 bridgehead atoms. The van der Waals surface area contributed by atoms with Crippen LogP contribution in [0.5, 0.6) is 11.5 Å². The fourth-order valence-corrected chi connectivity index (χ4v) is 2.70. The summed E-state index contributed by atoms with van der Waals surface area (Å²) in [6.07, 6.45) is 0. The fraction of sp³-hybridized carbons (Fsp3) is 0.381. The van der Waals surface area contributed by atoms with Crippen LogP contribution in [0.1, 0.15) is 11.1 Å². The topological polar surface area (TPSA) is 55.3 Å². The molecule has 2 rings (SSSR count). The Morgan fingerprint density at radius 2 is 1.75 bits per heavy atom. The molecule has 0 amide bonds. The molecule has 0 atom stereocenters. The molecule has 0 aliphatic rings. The van der Waals surface area contributed by atoms with Crippen LogP contribution in [-0.2, 0) is 17.9 Å². The van der Waals surface area contributed by atoms with Crippen molar-refractivity contribution in [1.29, 1.82) is 0 Å². The van der Waals surface area contributed by atoms with Crippen LogP contribution < -0.4 is 14.8 Å². The molecule has 0 aromatic heterocycles. The fourth-order valence-electron chi connectivity index (χ4n) is 2.70. The molecule has 28 heavy (non-hydrogen) atoms. The van der Waals surface area contributed by atoms with Crippen LogP contribution in [-0.4, -0.2) is 52.3 Å². The van der Waals surface area contributed by atoms with E-state index in [9.17, 15) is 0 Å². The van der Waals surface area contributed by atoms with Gasteiger partial charge in [0.2, 0.25) is 0 Å². The standard InChI is InChI=1S/C21H29N3O3.HI/c1-22-21(24(2)15-17-9-11-19(25-3)12-10-17)23-13-14-27-16-18-7-5-6-8-20(18)26-4;/h5-12H,13-16H2,1-4H3,(H,22,23);1H. The van der Waals surface area contributed by atoms with Crippen molar-refractivity contribution >= 4 is 29.9 Å². The van der Waals surface area contributed by atoms with Crippen LogP contribution in [0.2, 0.25) is 0 Å². The monoisotopic (exact) mass is 499 g/mol. The Bertz CT molecular complexity index is 723. The van der Waals surface area contributed by atoms with Crippen LogP contribution in [0.25, 0.3) is 0 Å². The highest BCUT2D eigenvalue weighted by molar-refractivity contribution is 14.0. The van der Waals surface area contributed by atoms with E-state index in [2.05, 4.69) is 27.3 Å². The molecule has 154 valence electrons. The van der Waals surface area contributed by atoms with Crippen molar-refractivity contribution < 1.29 is 14.2 Å². The number of para-hydroxylation sites is 1. The summed E-state index contributed by atoms with van der Waals surface area (Å²) in [5.41, 5.74) is 2.23. The molecule has 6 nitrogen and oxygen atoms in total. The zero-order chi connectivity index (χ0) is 19.5. The third-order valence-electron chi connectivity index (χ3n) is 4.13. The number of nitrogens with zero attached hydrogens (tertiary/aromatic N) is 2. The normalized spacial score (nSPS) is 10.8. The predicted molar refractivity (Wildman–Crippen MR) is 124 cm³/mol. The molecule has 0 aliphatic heterocycles. The van der Waals surface area contributed by atoms with Gasteiger partial charge in [0.1, 0.15) is 11.5 Å². The lowest BCUT2D eigenvalue weighted by Crippen LogP contribution is -2.39. The number of ether oxygens (including phenoxy) is 3. The van der Waals surface area contributed by atoms with Gasteiger partial charge >= 0.3 is 0 Å². The van der Waals surface area contributed by atoms with Gasteiger partial charge in [-0.3, -0.25) is 4.99 Å². The van der Waals surface area contributed by atoms with Gasteiger partial charge in [-0.05, 0) is 23.8 Å². The molecule has 0 saturated carbocycles. The zero-order valence-electron chi connectivity index (χ0n) is 17.0. The average Bonchev–Trinajstić information content (AvgIpc) is 2.71. The van der Waals surface area contributed by atoms with Crippen LogP contribution in [0.4, 0.5) is 0 Å². The van der Waals surface area contributed by atoms with Crippen LogP contribution in [0, 0.1) is 0 Å². The number of guanidine groups is 1. The Labute approximate surface area is 184 Å². The minimum atomic E-state index is 0. The maximum Gasteiger partial charge on any atom is 0.193 e. The molecule has 0 heterocycles. The number of benzene rings is 2. The van der Waals surface area contributed by atoms with E-state index in [1.54, 1.807) is 21.3 Å². The Morgan fingerprint density at radius 1 is 1.04 bits per heavy atom. The smallest absolute Gasteiger partial charge is 0.193 e. The van der Waals surface area contributed by atoms with Crippen LogP contribution in [0.3, 0.4) is 0 Å². The molecule has 0 aliphatic carbocycles. The Balaban J connectivity index is 0.00000392. The van der Waals surface area contributed by atoms with E-state index in [-0.39, 0.29) is 24.0 Å². The molecule has 0 fully saturated rings. The van der Waals surface area contributed by atoms with Crippen molar-refractivity contribution in [1.82, 2.24) is 10.2 Å². The van der Waals surface area contributed by atoms with Gasteiger partial charge in [-0.2, -0.15) is 0 Å². The summed E-state index contributed by atoms with van der Waals surface area (Å²) in [6, 6.07) is 15.9. The number of hydrogen-bond donors (Lipinski definition) is 1. The molecular formula is C21H30IN3O3. The van der Waals surface area contributed by atoms with Gasteiger partial charge in [0, 0.05) is 32.7 Å². The summed E-state index contributed by atoms with van der Waals surface area (Å²) >= 11 is 0. The van der Waals surface area contributed by atoms with Gasteiger partial charge in [0.25, 0.3) is 0 Å². The number of aliphatic imine (C=N–C) groups is 1. The van der Waals surface area contributed by atoms with Gasteiger partial charge < -0.3 is 24.4 Å². The molecule has 0 unspecified atom stereocenters. The first-order valence-electron chi connectivity index (χ1n) is 8.92. The van der Waals surface area contributed by atoms with Gasteiger partial charge in [0.15, 0.2) is 5.96 Å². The van der Waals surface area contributed by atoms with Gasteiger partial charge in [-0.15, -0.1) is 24.0 Å². The van der Waals surface area contributed by atoms with Gasteiger partial charge in [0.05, 0.1) is 27.4 Å². The highest BCUT2D eigenvalue weighted by Crippen LogP contribution is 2.17. The lowest BCUT2D eigenvalue weighted by atomic mass is 10.2. The maximum absolute atomic E-state index is 5.75. The second-order valence-corrected chi connectivity index (χ2v) is 6.04. The van der Waals surface area contributed by atoms with Crippen LogP contribution >= 0.6 is 24.0 Å². The van der Waals surface area contributed by atoms with E-state index in [0.29, 0.717) is 19.8 Å². The molecule has 2 aromatic rings. The number of hydrogen-bond acceptors (Lipinski definition) is 4. The number of methoxy groups -OCH3 is 2. The Morgan fingerprint density at radius 3 is 2.39 bits per heavy atom. The summed E-state index contributed by atoms with van der Waals surface area (Å²) < 4.78 is 16.3. The van der Waals surface area contributed by atoms with E-state index in [0.717, 1.165) is 29.6 Å². The van der Waals surface area contributed by atoms with Crippen molar-refractivity contribution in [2.24, 2.45) is 4.99 Å². The van der Waals surface area contributed by atoms with E-state index in [4.69, 9.17) is 14.2 Å². The summed E-state index contributed by atoms with van der Waals surface area (Å²) in [6.45, 7) is 2.53. The largest absolute Gasteiger partial charge is 0.497 e. The summed E-state index contributed by atoms with van der Waals surface area (Å²) in [5, 5.41) is 3.32. The molecule has 0 saturated heterocycles. The zero-order valence-corrected chi connectivity index (χ0v) is 19.3. The lowest BCUT2D eigenvalue weighted by Gasteiger charge is -2.22. The Hall–Kier alpha value is -2.00. The number of rotatable bonds is 9. The first-order valence-corrected chi connectivity index (χ1v) is 8.92. The van der Waals surface area contributed by atoms with Crippen molar-refractivity contribution in [3.05, 3.63) is 59.7 Å². The molecule has 0 spiro atoms. The third kappa shape index (κ3) is 7.55. The first-order chi connectivity index (χ1) is 13.2. The highest BCUT2D eigenvalue weighted by Gasteiger charge is 2.07. The third-order valence-corrected chi connectivity index (χ3v) is 4.13. The van der Waals surface area contributed by atoms with E-state index >= 15 is 0 Å². The average molecular weight is 499 g/mol. The number of nitrogens with one attached hydrogen (secondary N) is 1. The SMILES string of the molecule is CN=C(NCCOCc1ccccc1OC)N(C)Cc1ccc(OC)cc1.I. The second-order valence-electron chi connectivity index (χ2n) is 6.04. The highest BCUT2D eigenvalue weighted by atomic mass is 127. The van der Waals surface area contributed by atoms with Crippen molar-refractivity contribution in [2.45, 2.75) is 13.2 Å². The number of halogens is 1. The van der Waals surface area contributed by atoms with Gasteiger partial charge in [-0.1, -0.05) is 30.3 Å². The minimum absolute atomic E-state index is 0. The first kappa shape index (κ1) is 24.0. The molecule has 7 heteroatoms. The van der Waals surface area contributed by atoms with Crippen molar-refractivity contribution in [3.8, 4) is 11.5 Å². The van der Waals surface area contributed by atoms with Crippen molar-refractivity contribution in [3.63, 3.8) is 0 Å². The van der Waals surface area contributed by atoms with E-state index < -0.39 is 0 Å². The molecular weight excluding hydrogens is 469 g/mol. The predicted octanol–water partition coefficient (Wildman–Crippen LogP) is 3.55. The summed E-state index contributed by atoms with van der Waals surface area (Å²) in [7, 11) is 7.13. The summed E-state index contributed by atoms with van der Waals surface area (Å²) in [4.78, 5) is 6.40. The molecule has 0 radical (unpaired) electrons. The second kappa shape index (κ2) is 13.2. The van der Waals surface area contributed by atoms with E-state index in [1.165, 1.54) is 5.56 Å². The van der Waals surface area contributed by atoms with Gasteiger partial charge in [-0.25, -0.2) is 0 Å².